The van der Waals surface area contributed by atoms with Crippen molar-refractivity contribution in [1.29, 1.82) is 0 Å². The number of amides is 1. The SMILES string of the molecule is CCn1cc(CN2CCC(Nc3ccnn3C)(C(=O)NC)CC2)cn1. The Morgan fingerprint density at radius 3 is 2.64 bits per heavy atom. The van der Waals surface area contributed by atoms with Gasteiger partial charge >= 0.3 is 0 Å². The van der Waals surface area contributed by atoms with Crippen LogP contribution < -0.4 is 10.6 Å². The van der Waals surface area contributed by atoms with E-state index in [4.69, 9.17) is 0 Å². The second kappa shape index (κ2) is 7.26. The van der Waals surface area contributed by atoms with E-state index in [1.807, 2.05) is 24.0 Å². The Hall–Kier alpha value is -2.35. The van der Waals surface area contributed by atoms with Crippen LogP contribution in [0.3, 0.4) is 0 Å². The average Bonchev–Trinajstić information content (AvgIpc) is 3.25. The number of nitrogens with zero attached hydrogens (tertiary/aromatic N) is 5. The molecule has 1 aliphatic heterocycles. The second-order valence-corrected chi connectivity index (χ2v) is 6.61. The molecule has 0 unspecified atom stereocenters. The maximum absolute atomic E-state index is 12.6. The number of carbonyl (C=O) groups excluding carboxylic acids is 1. The molecule has 1 fully saturated rings. The van der Waals surface area contributed by atoms with Crippen molar-refractivity contribution in [3.8, 4) is 0 Å². The Morgan fingerprint density at radius 1 is 1.32 bits per heavy atom. The molecule has 3 rings (SSSR count). The summed E-state index contributed by atoms with van der Waals surface area (Å²) in [5.41, 5.74) is 0.626. The lowest BCUT2D eigenvalue weighted by Crippen LogP contribution is -2.57. The van der Waals surface area contributed by atoms with Crippen LogP contribution in [0.15, 0.2) is 24.7 Å². The van der Waals surface area contributed by atoms with Crippen molar-refractivity contribution < 1.29 is 4.79 Å². The van der Waals surface area contributed by atoms with E-state index in [0.717, 1.165) is 44.8 Å². The molecular weight excluding hydrogens is 318 g/mol. The fourth-order valence-corrected chi connectivity index (χ4v) is 3.40. The van der Waals surface area contributed by atoms with E-state index in [2.05, 4.69) is 38.9 Å². The predicted molar refractivity (Wildman–Crippen MR) is 96.0 cm³/mol. The van der Waals surface area contributed by atoms with Crippen molar-refractivity contribution in [2.45, 2.75) is 38.4 Å². The number of likely N-dealkylation sites (tertiary alicyclic amines) is 1. The molecule has 0 saturated carbocycles. The third kappa shape index (κ3) is 3.68. The zero-order chi connectivity index (χ0) is 17.9. The number of hydrogen-bond donors (Lipinski definition) is 2. The number of likely N-dealkylation sites (N-methyl/N-ethyl adjacent to an activating group) is 1. The molecule has 1 amide bonds. The largest absolute Gasteiger partial charge is 0.357 e. The lowest BCUT2D eigenvalue weighted by Gasteiger charge is -2.41. The molecular formula is C17H27N7O. The highest BCUT2D eigenvalue weighted by atomic mass is 16.2. The molecule has 8 nitrogen and oxygen atoms in total. The highest BCUT2D eigenvalue weighted by Gasteiger charge is 2.41. The van der Waals surface area contributed by atoms with Gasteiger partial charge in [-0.1, -0.05) is 0 Å². The van der Waals surface area contributed by atoms with Gasteiger partial charge in [-0.2, -0.15) is 10.2 Å². The molecule has 136 valence electrons. The highest BCUT2D eigenvalue weighted by Crippen LogP contribution is 2.28. The highest BCUT2D eigenvalue weighted by molar-refractivity contribution is 5.89. The summed E-state index contributed by atoms with van der Waals surface area (Å²) in [6.07, 6.45) is 7.26. The van der Waals surface area contributed by atoms with Crippen LogP contribution in [0.5, 0.6) is 0 Å². The topological polar surface area (TPSA) is 80.0 Å². The number of anilines is 1. The molecule has 0 atom stereocenters. The first-order valence-corrected chi connectivity index (χ1v) is 8.78. The lowest BCUT2D eigenvalue weighted by atomic mass is 9.86. The number of aryl methyl sites for hydroxylation is 2. The minimum absolute atomic E-state index is 0.0344. The normalized spacial score (nSPS) is 17.4. The Kier molecular flexibility index (Phi) is 5.08. The van der Waals surface area contributed by atoms with Crippen LogP contribution in [0.1, 0.15) is 25.3 Å². The molecule has 2 N–H and O–H groups in total. The minimum Gasteiger partial charge on any atom is -0.357 e. The molecule has 2 aromatic rings. The van der Waals surface area contributed by atoms with Crippen LogP contribution in [0.2, 0.25) is 0 Å². The van der Waals surface area contributed by atoms with Crippen molar-refractivity contribution in [2.75, 3.05) is 25.5 Å². The van der Waals surface area contributed by atoms with Crippen LogP contribution in [-0.2, 0) is 24.9 Å². The van der Waals surface area contributed by atoms with E-state index >= 15 is 0 Å². The number of piperidine rings is 1. The molecule has 1 saturated heterocycles. The maximum atomic E-state index is 12.6. The standard InChI is InChI=1S/C17H27N7O/c1-4-24-13-14(11-20-24)12-23-9-6-17(7-10-23,16(25)18-2)21-15-5-8-19-22(15)3/h5,8,11,13,21H,4,6-7,9-10,12H2,1-3H3,(H,18,25). The Morgan fingerprint density at radius 2 is 2.08 bits per heavy atom. The van der Waals surface area contributed by atoms with Gasteiger partial charge in [0.15, 0.2) is 0 Å². The van der Waals surface area contributed by atoms with Gasteiger partial charge in [0.25, 0.3) is 0 Å². The zero-order valence-corrected chi connectivity index (χ0v) is 15.2. The fourth-order valence-electron chi connectivity index (χ4n) is 3.40. The van der Waals surface area contributed by atoms with Crippen molar-refractivity contribution in [3.05, 3.63) is 30.2 Å². The zero-order valence-electron chi connectivity index (χ0n) is 15.2. The third-order valence-corrected chi connectivity index (χ3v) is 4.98. The first-order chi connectivity index (χ1) is 12.1. The molecule has 0 aliphatic carbocycles. The van der Waals surface area contributed by atoms with E-state index in [-0.39, 0.29) is 5.91 Å². The molecule has 0 aromatic carbocycles. The number of aromatic nitrogens is 4. The molecule has 25 heavy (non-hydrogen) atoms. The Bertz CT molecular complexity index is 712. The molecule has 3 heterocycles. The van der Waals surface area contributed by atoms with Gasteiger partial charge in [-0.3, -0.25) is 19.1 Å². The Labute approximate surface area is 148 Å². The van der Waals surface area contributed by atoms with Crippen LogP contribution in [0.25, 0.3) is 0 Å². The summed E-state index contributed by atoms with van der Waals surface area (Å²) in [7, 11) is 3.57. The summed E-state index contributed by atoms with van der Waals surface area (Å²) in [5.74, 6) is 0.897. The first-order valence-electron chi connectivity index (χ1n) is 8.78. The summed E-state index contributed by atoms with van der Waals surface area (Å²) in [6.45, 7) is 5.55. The van der Waals surface area contributed by atoms with Gasteiger partial charge in [-0.25, -0.2) is 0 Å². The molecule has 8 heteroatoms. The van der Waals surface area contributed by atoms with Gasteiger partial charge in [0.1, 0.15) is 11.4 Å². The van der Waals surface area contributed by atoms with E-state index in [1.54, 1.807) is 17.9 Å². The fraction of sp³-hybridized carbons (Fsp3) is 0.588. The lowest BCUT2D eigenvalue weighted by molar-refractivity contribution is -0.126. The second-order valence-electron chi connectivity index (χ2n) is 6.61. The van der Waals surface area contributed by atoms with Gasteiger partial charge in [-0.15, -0.1) is 0 Å². The number of carbonyl (C=O) groups is 1. The summed E-state index contributed by atoms with van der Waals surface area (Å²) in [6, 6.07) is 1.90. The molecule has 0 spiro atoms. The van der Waals surface area contributed by atoms with Crippen molar-refractivity contribution in [1.82, 2.24) is 29.8 Å². The van der Waals surface area contributed by atoms with E-state index in [9.17, 15) is 4.79 Å². The number of nitrogens with one attached hydrogen (secondary N) is 2. The van der Waals surface area contributed by atoms with Gasteiger partial charge in [0.05, 0.1) is 12.4 Å². The van der Waals surface area contributed by atoms with Crippen LogP contribution in [0, 0.1) is 0 Å². The third-order valence-electron chi connectivity index (χ3n) is 4.98. The van der Waals surface area contributed by atoms with Crippen molar-refractivity contribution in [3.63, 3.8) is 0 Å². The first kappa shape index (κ1) is 17.5. The van der Waals surface area contributed by atoms with Crippen LogP contribution in [-0.4, -0.2) is 56.0 Å². The quantitative estimate of drug-likeness (QED) is 0.811. The predicted octanol–water partition coefficient (Wildman–Crippen LogP) is 0.829. The van der Waals surface area contributed by atoms with E-state index in [0.29, 0.717) is 0 Å². The Balaban J connectivity index is 1.67. The van der Waals surface area contributed by atoms with Crippen LogP contribution >= 0.6 is 0 Å². The summed E-state index contributed by atoms with van der Waals surface area (Å²) >= 11 is 0. The number of hydrogen-bond acceptors (Lipinski definition) is 5. The summed E-state index contributed by atoms with van der Waals surface area (Å²) in [5, 5.41) is 14.8. The van der Waals surface area contributed by atoms with Gasteiger partial charge in [-0.05, 0) is 19.8 Å². The monoisotopic (exact) mass is 345 g/mol. The number of rotatable bonds is 6. The van der Waals surface area contributed by atoms with Gasteiger partial charge in [0, 0.05) is 58.1 Å². The molecule has 2 aromatic heterocycles. The molecule has 0 bridgehead atoms. The van der Waals surface area contributed by atoms with Crippen LogP contribution in [0.4, 0.5) is 5.82 Å². The maximum Gasteiger partial charge on any atom is 0.245 e. The molecule has 1 aliphatic rings. The summed E-state index contributed by atoms with van der Waals surface area (Å²) in [4.78, 5) is 15.0. The summed E-state index contributed by atoms with van der Waals surface area (Å²) < 4.78 is 3.70. The minimum atomic E-state index is -0.591. The average molecular weight is 345 g/mol. The van der Waals surface area contributed by atoms with Gasteiger partial charge < -0.3 is 10.6 Å². The smallest absolute Gasteiger partial charge is 0.245 e. The van der Waals surface area contributed by atoms with E-state index in [1.165, 1.54) is 5.56 Å². The van der Waals surface area contributed by atoms with Crippen molar-refractivity contribution in [2.24, 2.45) is 7.05 Å². The van der Waals surface area contributed by atoms with Crippen molar-refractivity contribution >= 4 is 11.7 Å². The van der Waals surface area contributed by atoms with E-state index < -0.39 is 5.54 Å². The molecule has 0 radical (unpaired) electrons. The van der Waals surface area contributed by atoms with Gasteiger partial charge in [0.2, 0.25) is 5.91 Å².